The number of aryl methyl sites for hydroxylation is 2. The van der Waals surface area contributed by atoms with Crippen LogP contribution in [-0.4, -0.2) is 16.5 Å². The summed E-state index contributed by atoms with van der Waals surface area (Å²) in [4.78, 5) is 9.59. The standard InChI is InChI=1S/C17H21N3/c1-3-11-18-16-14-9-6-10-15(14)19-17(20-16)13-8-5-4-7-12(13)2/h4-5,7-8H,3,6,9-11H2,1-2H3,(H,18,19,20). The van der Waals surface area contributed by atoms with E-state index >= 15 is 0 Å². The molecule has 0 amide bonds. The zero-order valence-electron chi connectivity index (χ0n) is 12.2. The van der Waals surface area contributed by atoms with Crippen molar-refractivity contribution in [1.82, 2.24) is 9.97 Å². The fourth-order valence-electron chi connectivity index (χ4n) is 2.77. The van der Waals surface area contributed by atoms with Crippen molar-refractivity contribution in [3.63, 3.8) is 0 Å². The molecule has 0 saturated heterocycles. The van der Waals surface area contributed by atoms with E-state index in [0.29, 0.717) is 0 Å². The largest absolute Gasteiger partial charge is 0.370 e. The molecule has 0 radical (unpaired) electrons. The molecule has 0 aliphatic heterocycles. The van der Waals surface area contributed by atoms with Crippen LogP contribution >= 0.6 is 0 Å². The lowest BCUT2D eigenvalue weighted by atomic mass is 10.1. The third-order valence-electron chi connectivity index (χ3n) is 3.86. The Morgan fingerprint density at radius 1 is 1.15 bits per heavy atom. The zero-order chi connectivity index (χ0) is 13.9. The minimum atomic E-state index is 0.863. The van der Waals surface area contributed by atoms with E-state index < -0.39 is 0 Å². The number of hydrogen-bond acceptors (Lipinski definition) is 3. The number of benzene rings is 1. The number of aromatic nitrogens is 2. The quantitative estimate of drug-likeness (QED) is 0.916. The van der Waals surface area contributed by atoms with Crippen LogP contribution < -0.4 is 5.32 Å². The summed E-state index contributed by atoms with van der Waals surface area (Å²) < 4.78 is 0. The van der Waals surface area contributed by atoms with Gasteiger partial charge in [0.2, 0.25) is 0 Å². The maximum absolute atomic E-state index is 4.80. The Hall–Kier alpha value is -1.90. The molecule has 1 heterocycles. The van der Waals surface area contributed by atoms with Crippen LogP contribution in [0, 0.1) is 6.92 Å². The van der Waals surface area contributed by atoms with Crippen molar-refractivity contribution in [2.24, 2.45) is 0 Å². The third-order valence-corrected chi connectivity index (χ3v) is 3.86. The molecular formula is C17H21N3. The van der Waals surface area contributed by atoms with Gasteiger partial charge in [0.05, 0.1) is 0 Å². The van der Waals surface area contributed by atoms with Crippen LogP contribution in [0.25, 0.3) is 11.4 Å². The molecule has 3 rings (SSSR count). The summed E-state index contributed by atoms with van der Waals surface area (Å²) in [5.41, 5.74) is 4.93. The van der Waals surface area contributed by atoms with Crippen LogP contribution in [0.4, 0.5) is 5.82 Å². The summed E-state index contributed by atoms with van der Waals surface area (Å²) in [7, 11) is 0. The molecule has 2 aromatic rings. The van der Waals surface area contributed by atoms with Gasteiger partial charge in [-0.3, -0.25) is 0 Å². The Morgan fingerprint density at radius 2 is 2.00 bits per heavy atom. The van der Waals surface area contributed by atoms with Gasteiger partial charge in [-0.15, -0.1) is 0 Å². The van der Waals surface area contributed by atoms with E-state index in [4.69, 9.17) is 9.97 Å². The summed E-state index contributed by atoms with van der Waals surface area (Å²) in [6, 6.07) is 8.33. The van der Waals surface area contributed by atoms with Crippen LogP contribution in [0.15, 0.2) is 24.3 Å². The Kier molecular flexibility index (Phi) is 3.68. The molecule has 0 saturated carbocycles. The topological polar surface area (TPSA) is 37.8 Å². The van der Waals surface area contributed by atoms with E-state index in [2.05, 4.69) is 43.4 Å². The number of fused-ring (bicyclic) bond motifs is 1. The van der Waals surface area contributed by atoms with Crippen molar-refractivity contribution < 1.29 is 0 Å². The molecule has 1 aromatic carbocycles. The van der Waals surface area contributed by atoms with Gasteiger partial charge in [-0.1, -0.05) is 31.2 Å². The van der Waals surface area contributed by atoms with Gasteiger partial charge in [0, 0.05) is 23.4 Å². The van der Waals surface area contributed by atoms with Gasteiger partial charge in [0.15, 0.2) is 5.82 Å². The number of nitrogens with zero attached hydrogens (tertiary/aromatic N) is 2. The van der Waals surface area contributed by atoms with E-state index in [-0.39, 0.29) is 0 Å². The summed E-state index contributed by atoms with van der Waals surface area (Å²) in [6.45, 7) is 5.26. The fraction of sp³-hybridized carbons (Fsp3) is 0.412. The van der Waals surface area contributed by atoms with Gasteiger partial charge in [-0.05, 0) is 38.2 Å². The lowest BCUT2D eigenvalue weighted by molar-refractivity contribution is 0.899. The minimum Gasteiger partial charge on any atom is -0.370 e. The zero-order valence-corrected chi connectivity index (χ0v) is 12.2. The van der Waals surface area contributed by atoms with Gasteiger partial charge < -0.3 is 5.32 Å². The van der Waals surface area contributed by atoms with Crippen molar-refractivity contribution in [3.05, 3.63) is 41.1 Å². The number of anilines is 1. The molecule has 1 aromatic heterocycles. The summed E-state index contributed by atoms with van der Waals surface area (Å²) in [5, 5.41) is 3.47. The molecule has 0 unspecified atom stereocenters. The molecule has 3 heteroatoms. The molecular weight excluding hydrogens is 246 g/mol. The van der Waals surface area contributed by atoms with Crippen molar-refractivity contribution in [2.75, 3.05) is 11.9 Å². The van der Waals surface area contributed by atoms with E-state index in [1.165, 1.54) is 23.2 Å². The van der Waals surface area contributed by atoms with Gasteiger partial charge in [0.25, 0.3) is 0 Å². The first kappa shape index (κ1) is 13.1. The smallest absolute Gasteiger partial charge is 0.162 e. The molecule has 1 aliphatic rings. The molecule has 0 atom stereocenters. The second-order valence-corrected chi connectivity index (χ2v) is 5.42. The lowest BCUT2D eigenvalue weighted by Crippen LogP contribution is -2.08. The molecule has 104 valence electrons. The highest BCUT2D eigenvalue weighted by molar-refractivity contribution is 5.63. The van der Waals surface area contributed by atoms with Gasteiger partial charge in [0.1, 0.15) is 5.82 Å². The first-order valence-corrected chi connectivity index (χ1v) is 7.49. The molecule has 1 N–H and O–H groups in total. The SMILES string of the molecule is CCCNc1nc(-c2ccccc2C)nc2c1CCC2. The van der Waals surface area contributed by atoms with E-state index in [1.807, 2.05) is 0 Å². The molecule has 0 fully saturated rings. The van der Waals surface area contributed by atoms with Crippen LogP contribution in [0.2, 0.25) is 0 Å². The molecule has 20 heavy (non-hydrogen) atoms. The first-order valence-electron chi connectivity index (χ1n) is 7.49. The normalized spacial score (nSPS) is 13.3. The van der Waals surface area contributed by atoms with Crippen LogP contribution in [0.5, 0.6) is 0 Å². The lowest BCUT2D eigenvalue weighted by Gasteiger charge is -2.12. The first-order chi connectivity index (χ1) is 9.79. The van der Waals surface area contributed by atoms with Crippen LogP contribution in [0.3, 0.4) is 0 Å². The predicted molar refractivity (Wildman–Crippen MR) is 83.0 cm³/mol. The minimum absolute atomic E-state index is 0.863. The van der Waals surface area contributed by atoms with Gasteiger partial charge in [-0.2, -0.15) is 0 Å². The second-order valence-electron chi connectivity index (χ2n) is 5.42. The second kappa shape index (κ2) is 5.61. The molecule has 1 aliphatic carbocycles. The van der Waals surface area contributed by atoms with Crippen molar-refractivity contribution in [2.45, 2.75) is 39.5 Å². The van der Waals surface area contributed by atoms with Gasteiger partial charge >= 0.3 is 0 Å². The van der Waals surface area contributed by atoms with E-state index in [9.17, 15) is 0 Å². The highest BCUT2D eigenvalue weighted by atomic mass is 15.0. The number of nitrogens with one attached hydrogen (secondary N) is 1. The Labute approximate surface area is 120 Å². The summed E-state index contributed by atoms with van der Waals surface area (Å²) >= 11 is 0. The van der Waals surface area contributed by atoms with Gasteiger partial charge in [-0.25, -0.2) is 9.97 Å². The average molecular weight is 267 g/mol. The number of rotatable bonds is 4. The highest BCUT2D eigenvalue weighted by Gasteiger charge is 2.20. The fourth-order valence-corrected chi connectivity index (χ4v) is 2.77. The molecule has 3 nitrogen and oxygen atoms in total. The van der Waals surface area contributed by atoms with Crippen molar-refractivity contribution in [1.29, 1.82) is 0 Å². The van der Waals surface area contributed by atoms with Crippen molar-refractivity contribution >= 4 is 5.82 Å². The Balaban J connectivity index is 2.06. The third kappa shape index (κ3) is 2.40. The summed E-state index contributed by atoms with van der Waals surface area (Å²) in [5.74, 6) is 1.91. The van der Waals surface area contributed by atoms with Crippen LogP contribution in [-0.2, 0) is 12.8 Å². The Morgan fingerprint density at radius 3 is 2.80 bits per heavy atom. The molecule has 0 bridgehead atoms. The average Bonchev–Trinajstić information content (AvgIpc) is 2.93. The van der Waals surface area contributed by atoms with E-state index in [1.54, 1.807) is 0 Å². The Bertz CT molecular complexity index is 620. The highest BCUT2D eigenvalue weighted by Crippen LogP contribution is 2.30. The molecule has 0 spiro atoms. The van der Waals surface area contributed by atoms with E-state index in [0.717, 1.165) is 43.0 Å². The van der Waals surface area contributed by atoms with Crippen molar-refractivity contribution in [3.8, 4) is 11.4 Å². The monoisotopic (exact) mass is 267 g/mol. The van der Waals surface area contributed by atoms with Crippen LogP contribution in [0.1, 0.15) is 36.6 Å². The summed E-state index contributed by atoms with van der Waals surface area (Å²) in [6.07, 6.45) is 4.49. The maximum Gasteiger partial charge on any atom is 0.162 e. The maximum atomic E-state index is 4.80. The predicted octanol–water partition coefficient (Wildman–Crippen LogP) is 3.76. The number of hydrogen-bond donors (Lipinski definition) is 1.